The van der Waals surface area contributed by atoms with E-state index in [9.17, 15) is 18.0 Å². The summed E-state index contributed by atoms with van der Waals surface area (Å²) in [6.45, 7) is -1.26. The molecule has 0 radical (unpaired) electrons. The standard InChI is InChI=1S/C10H7F3INO/c11-6-2-1-3-7(14)8(6)9(16)15-4-10(12,13)5-15/h1-3H,4-5H2. The molecule has 0 aliphatic carbocycles. The number of carbonyl (C=O) groups excluding carboxylic acids is 1. The Morgan fingerprint density at radius 1 is 1.38 bits per heavy atom. The molecule has 1 saturated heterocycles. The summed E-state index contributed by atoms with van der Waals surface area (Å²) in [5, 5.41) is 0. The molecule has 0 aromatic heterocycles. The lowest BCUT2D eigenvalue weighted by Crippen LogP contribution is -2.58. The maximum absolute atomic E-state index is 13.4. The lowest BCUT2D eigenvalue weighted by Gasteiger charge is -2.38. The van der Waals surface area contributed by atoms with E-state index in [-0.39, 0.29) is 5.56 Å². The summed E-state index contributed by atoms with van der Waals surface area (Å²) in [6, 6.07) is 4.18. The average Bonchev–Trinajstić information content (AvgIpc) is 2.13. The second-order valence-electron chi connectivity index (χ2n) is 3.61. The highest BCUT2D eigenvalue weighted by atomic mass is 127. The summed E-state index contributed by atoms with van der Waals surface area (Å²) in [5.74, 6) is -4.17. The first-order valence-electron chi connectivity index (χ1n) is 4.52. The van der Waals surface area contributed by atoms with E-state index in [4.69, 9.17) is 0 Å². The molecule has 0 N–H and O–H groups in total. The van der Waals surface area contributed by atoms with Crippen LogP contribution in [0, 0.1) is 9.39 Å². The molecule has 0 atom stereocenters. The highest BCUT2D eigenvalue weighted by molar-refractivity contribution is 14.1. The zero-order valence-corrected chi connectivity index (χ0v) is 10.2. The van der Waals surface area contributed by atoms with Crippen LogP contribution in [0.4, 0.5) is 13.2 Å². The number of rotatable bonds is 1. The van der Waals surface area contributed by atoms with Crippen LogP contribution >= 0.6 is 22.6 Å². The fourth-order valence-corrected chi connectivity index (χ4v) is 2.21. The first kappa shape index (κ1) is 11.7. The minimum atomic E-state index is -2.83. The van der Waals surface area contributed by atoms with Gasteiger partial charge in [-0.15, -0.1) is 0 Å². The van der Waals surface area contributed by atoms with Crippen LogP contribution in [0.5, 0.6) is 0 Å². The molecule has 1 aliphatic heterocycles. The van der Waals surface area contributed by atoms with E-state index in [1.807, 2.05) is 22.6 Å². The summed E-state index contributed by atoms with van der Waals surface area (Å²) < 4.78 is 39.0. The molecule has 0 unspecified atom stereocenters. The molecular formula is C10H7F3INO. The van der Waals surface area contributed by atoms with E-state index in [1.165, 1.54) is 6.07 Å². The van der Waals surface area contributed by atoms with Crippen molar-refractivity contribution in [2.24, 2.45) is 0 Å². The van der Waals surface area contributed by atoms with Crippen molar-refractivity contribution in [3.63, 3.8) is 0 Å². The third kappa shape index (κ3) is 2.02. The molecule has 0 bridgehead atoms. The molecule has 1 aliphatic rings. The molecule has 0 spiro atoms. The Bertz CT molecular complexity index is 421. The number of hydrogen-bond donors (Lipinski definition) is 0. The van der Waals surface area contributed by atoms with Gasteiger partial charge in [0.1, 0.15) is 5.82 Å². The third-order valence-electron chi connectivity index (χ3n) is 2.31. The molecular weight excluding hydrogens is 334 g/mol. The Kier molecular flexibility index (Phi) is 2.85. The van der Waals surface area contributed by atoms with Crippen LogP contribution in [-0.2, 0) is 0 Å². The van der Waals surface area contributed by atoms with Gasteiger partial charge >= 0.3 is 0 Å². The Balaban J connectivity index is 2.23. The summed E-state index contributed by atoms with van der Waals surface area (Å²) in [7, 11) is 0. The predicted molar refractivity (Wildman–Crippen MR) is 60.0 cm³/mol. The number of halogens is 4. The van der Waals surface area contributed by atoms with Crippen LogP contribution in [0.25, 0.3) is 0 Å². The third-order valence-corrected chi connectivity index (χ3v) is 3.21. The summed E-state index contributed by atoms with van der Waals surface area (Å²) in [4.78, 5) is 12.6. The molecule has 1 aromatic rings. The number of nitrogens with zero attached hydrogens (tertiary/aromatic N) is 1. The molecule has 0 saturated carbocycles. The van der Waals surface area contributed by atoms with E-state index in [0.717, 1.165) is 11.0 Å². The SMILES string of the molecule is O=C(c1c(F)cccc1I)N1CC(F)(F)C1. The number of hydrogen-bond acceptors (Lipinski definition) is 1. The van der Waals surface area contributed by atoms with Crippen molar-refractivity contribution in [1.29, 1.82) is 0 Å². The fourth-order valence-electron chi connectivity index (χ4n) is 1.52. The van der Waals surface area contributed by atoms with Gasteiger partial charge in [-0.05, 0) is 34.7 Å². The number of benzene rings is 1. The van der Waals surface area contributed by atoms with Crippen LogP contribution in [-0.4, -0.2) is 29.8 Å². The number of carbonyl (C=O) groups is 1. The van der Waals surface area contributed by atoms with Crippen molar-refractivity contribution >= 4 is 28.5 Å². The van der Waals surface area contributed by atoms with Crippen molar-refractivity contribution in [1.82, 2.24) is 4.90 Å². The molecule has 1 amide bonds. The fraction of sp³-hybridized carbons (Fsp3) is 0.300. The van der Waals surface area contributed by atoms with Gasteiger partial charge in [0.05, 0.1) is 18.7 Å². The van der Waals surface area contributed by atoms with Gasteiger partial charge in [-0.3, -0.25) is 4.79 Å². The van der Waals surface area contributed by atoms with Gasteiger partial charge in [0.2, 0.25) is 0 Å². The largest absolute Gasteiger partial charge is 0.326 e. The van der Waals surface area contributed by atoms with Crippen molar-refractivity contribution in [2.75, 3.05) is 13.1 Å². The minimum Gasteiger partial charge on any atom is -0.326 e. The van der Waals surface area contributed by atoms with Crippen LogP contribution in [0.15, 0.2) is 18.2 Å². The Labute approximate surface area is 104 Å². The van der Waals surface area contributed by atoms with Crippen molar-refractivity contribution in [3.05, 3.63) is 33.1 Å². The van der Waals surface area contributed by atoms with Crippen LogP contribution in [0.1, 0.15) is 10.4 Å². The van der Waals surface area contributed by atoms with Crippen molar-refractivity contribution in [3.8, 4) is 0 Å². The second kappa shape index (κ2) is 3.90. The highest BCUT2D eigenvalue weighted by Gasteiger charge is 2.47. The molecule has 86 valence electrons. The van der Waals surface area contributed by atoms with Gasteiger partial charge in [0, 0.05) is 3.57 Å². The quantitative estimate of drug-likeness (QED) is 0.719. The van der Waals surface area contributed by atoms with Crippen LogP contribution in [0.2, 0.25) is 0 Å². The van der Waals surface area contributed by atoms with Gasteiger partial charge in [0.25, 0.3) is 11.8 Å². The Morgan fingerprint density at radius 3 is 2.50 bits per heavy atom. The first-order chi connectivity index (χ1) is 7.41. The van der Waals surface area contributed by atoms with Crippen molar-refractivity contribution < 1.29 is 18.0 Å². The van der Waals surface area contributed by atoms with Crippen LogP contribution in [0.3, 0.4) is 0 Å². The lowest BCUT2D eigenvalue weighted by molar-refractivity contribution is -0.113. The van der Waals surface area contributed by atoms with Gasteiger partial charge < -0.3 is 4.90 Å². The van der Waals surface area contributed by atoms with Gasteiger partial charge in [-0.2, -0.15) is 0 Å². The maximum atomic E-state index is 13.4. The predicted octanol–water partition coefficient (Wildman–Crippen LogP) is 2.52. The van der Waals surface area contributed by atoms with E-state index in [2.05, 4.69) is 0 Å². The van der Waals surface area contributed by atoms with Gasteiger partial charge in [-0.1, -0.05) is 6.07 Å². The lowest BCUT2D eigenvalue weighted by atomic mass is 10.1. The Hall–Kier alpha value is -0.790. The molecule has 1 heterocycles. The van der Waals surface area contributed by atoms with E-state index in [1.54, 1.807) is 6.07 Å². The zero-order chi connectivity index (χ0) is 11.9. The summed E-state index contributed by atoms with van der Waals surface area (Å²) in [6.07, 6.45) is 0. The topological polar surface area (TPSA) is 20.3 Å². The monoisotopic (exact) mass is 341 g/mol. The molecule has 2 rings (SSSR count). The minimum absolute atomic E-state index is 0.126. The van der Waals surface area contributed by atoms with Crippen molar-refractivity contribution in [2.45, 2.75) is 5.92 Å². The number of amides is 1. The van der Waals surface area contributed by atoms with Gasteiger partial charge in [0.15, 0.2) is 0 Å². The molecule has 1 aromatic carbocycles. The molecule has 2 nitrogen and oxygen atoms in total. The number of likely N-dealkylation sites (tertiary alicyclic amines) is 1. The van der Waals surface area contributed by atoms with Gasteiger partial charge in [-0.25, -0.2) is 13.2 Å². The van der Waals surface area contributed by atoms with E-state index < -0.39 is 30.7 Å². The Morgan fingerprint density at radius 2 is 2.00 bits per heavy atom. The second-order valence-corrected chi connectivity index (χ2v) is 4.78. The highest BCUT2D eigenvalue weighted by Crippen LogP contribution is 2.29. The smallest absolute Gasteiger partial charge is 0.282 e. The number of alkyl halides is 2. The van der Waals surface area contributed by atoms with Crippen LogP contribution < -0.4 is 0 Å². The maximum Gasteiger partial charge on any atom is 0.282 e. The normalized spacial score (nSPS) is 18.1. The van der Waals surface area contributed by atoms with E-state index >= 15 is 0 Å². The van der Waals surface area contributed by atoms with E-state index in [0.29, 0.717) is 3.57 Å². The molecule has 6 heteroatoms. The zero-order valence-electron chi connectivity index (χ0n) is 8.01. The summed E-state index contributed by atoms with van der Waals surface area (Å²) in [5.41, 5.74) is -0.126. The average molecular weight is 341 g/mol. The summed E-state index contributed by atoms with van der Waals surface area (Å²) >= 11 is 1.81. The first-order valence-corrected chi connectivity index (χ1v) is 5.60. The molecule has 16 heavy (non-hydrogen) atoms. The molecule has 1 fully saturated rings.